The largest absolute Gasteiger partial charge is 0.352 e. The number of carbonyl (C=O) groups excluding carboxylic acids is 2. The number of amides is 2. The van der Waals surface area contributed by atoms with Gasteiger partial charge in [0.25, 0.3) is 5.91 Å². The molecule has 0 unspecified atom stereocenters. The van der Waals surface area contributed by atoms with Crippen molar-refractivity contribution in [1.82, 2.24) is 10.3 Å². The third-order valence-corrected chi connectivity index (χ3v) is 4.42. The van der Waals surface area contributed by atoms with Crippen LogP contribution in [-0.2, 0) is 17.6 Å². The number of hydrogen-bond acceptors (Lipinski definition) is 4. The maximum absolute atomic E-state index is 12.2. The van der Waals surface area contributed by atoms with Crippen molar-refractivity contribution in [3.8, 4) is 0 Å². The molecule has 0 saturated heterocycles. The molecule has 5 nitrogen and oxygen atoms in total. The summed E-state index contributed by atoms with van der Waals surface area (Å²) in [6.45, 7) is 2.54. The zero-order valence-corrected chi connectivity index (χ0v) is 13.1. The van der Waals surface area contributed by atoms with Gasteiger partial charge in [0.05, 0.1) is 10.7 Å². The van der Waals surface area contributed by atoms with Crippen LogP contribution in [0.5, 0.6) is 0 Å². The highest BCUT2D eigenvalue weighted by molar-refractivity contribution is 7.09. The fourth-order valence-electron chi connectivity index (χ4n) is 2.45. The van der Waals surface area contributed by atoms with Gasteiger partial charge < -0.3 is 10.6 Å². The second kappa shape index (κ2) is 6.27. The predicted molar refractivity (Wildman–Crippen MR) is 86.3 cm³/mol. The van der Waals surface area contributed by atoms with Crippen molar-refractivity contribution in [3.63, 3.8) is 0 Å². The predicted octanol–water partition coefficient (Wildman–Crippen LogP) is 2.31. The summed E-state index contributed by atoms with van der Waals surface area (Å²) in [6.07, 6.45) is 1.89. The van der Waals surface area contributed by atoms with Crippen molar-refractivity contribution < 1.29 is 9.59 Å². The van der Waals surface area contributed by atoms with Crippen molar-refractivity contribution in [3.05, 3.63) is 45.4 Å². The Morgan fingerprint density at radius 2 is 2.27 bits per heavy atom. The van der Waals surface area contributed by atoms with Crippen molar-refractivity contribution in [2.45, 2.75) is 26.2 Å². The lowest BCUT2D eigenvalue weighted by molar-refractivity contribution is -0.116. The second-order valence-electron chi connectivity index (χ2n) is 5.28. The van der Waals surface area contributed by atoms with Crippen LogP contribution < -0.4 is 10.6 Å². The molecule has 1 aliphatic heterocycles. The van der Waals surface area contributed by atoms with Gasteiger partial charge in [-0.1, -0.05) is 0 Å². The Morgan fingerprint density at radius 3 is 3.05 bits per heavy atom. The quantitative estimate of drug-likeness (QED) is 0.909. The molecule has 0 saturated carbocycles. The van der Waals surface area contributed by atoms with E-state index in [1.54, 1.807) is 23.5 Å². The minimum absolute atomic E-state index is 0.0308. The third-order valence-electron chi connectivity index (χ3n) is 3.60. The van der Waals surface area contributed by atoms with Crippen LogP contribution in [-0.4, -0.2) is 23.3 Å². The van der Waals surface area contributed by atoms with Crippen LogP contribution in [0.25, 0.3) is 0 Å². The lowest BCUT2D eigenvalue weighted by atomic mass is 10.00. The summed E-state index contributed by atoms with van der Waals surface area (Å²) in [5.41, 5.74) is 3.47. The Hall–Kier alpha value is -2.21. The Morgan fingerprint density at radius 1 is 1.41 bits per heavy atom. The van der Waals surface area contributed by atoms with E-state index in [0.29, 0.717) is 24.9 Å². The average Bonchev–Trinajstić information content (AvgIpc) is 2.92. The van der Waals surface area contributed by atoms with E-state index in [1.807, 2.05) is 18.4 Å². The maximum atomic E-state index is 12.2. The van der Waals surface area contributed by atoms with E-state index >= 15 is 0 Å². The second-order valence-corrected chi connectivity index (χ2v) is 6.35. The number of thiazole rings is 1. The lowest BCUT2D eigenvalue weighted by Gasteiger charge is -2.17. The molecule has 0 bridgehead atoms. The van der Waals surface area contributed by atoms with Crippen LogP contribution in [0.15, 0.2) is 23.6 Å². The molecule has 0 fully saturated rings. The third kappa shape index (κ3) is 3.33. The fraction of sp³-hybridized carbons (Fsp3) is 0.312. The van der Waals surface area contributed by atoms with Crippen molar-refractivity contribution >= 4 is 28.8 Å². The minimum Gasteiger partial charge on any atom is -0.352 e. The molecule has 0 spiro atoms. The first-order valence-electron chi connectivity index (χ1n) is 7.24. The van der Waals surface area contributed by atoms with E-state index in [2.05, 4.69) is 15.6 Å². The summed E-state index contributed by atoms with van der Waals surface area (Å²) in [7, 11) is 0. The highest BCUT2D eigenvalue weighted by atomic mass is 32.1. The van der Waals surface area contributed by atoms with Gasteiger partial charge in [-0.15, -0.1) is 11.3 Å². The Balaban J connectivity index is 1.59. The van der Waals surface area contributed by atoms with Crippen LogP contribution in [0.1, 0.15) is 33.0 Å². The maximum Gasteiger partial charge on any atom is 0.251 e. The first-order chi connectivity index (χ1) is 10.6. The highest BCUT2D eigenvalue weighted by Gasteiger charge is 2.16. The summed E-state index contributed by atoms with van der Waals surface area (Å²) < 4.78 is 0. The number of anilines is 1. The van der Waals surface area contributed by atoms with Crippen LogP contribution in [0.3, 0.4) is 0 Å². The monoisotopic (exact) mass is 315 g/mol. The van der Waals surface area contributed by atoms with Crippen LogP contribution in [0, 0.1) is 6.92 Å². The topological polar surface area (TPSA) is 71.1 Å². The number of nitrogens with zero attached hydrogens (tertiary/aromatic N) is 1. The molecule has 2 N–H and O–H groups in total. The Bertz CT molecular complexity index is 724. The molecule has 1 aromatic carbocycles. The summed E-state index contributed by atoms with van der Waals surface area (Å²) in [5.74, 6) is -0.0603. The number of benzene rings is 1. The number of fused-ring (bicyclic) bond motifs is 1. The smallest absolute Gasteiger partial charge is 0.251 e. The van der Waals surface area contributed by atoms with Gasteiger partial charge >= 0.3 is 0 Å². The van der Waals surface area contributed by atoms with Gasteiger partial charge in [0, 0.05) is 36.0 Å². The minimum atomic E-state index is -0.0911. The van der Waals surface area contributed by atoms with Gasteiger partial charge in [0.15, 0.2) is 0 Å². The molecule has 2 amide bonds. The van der Waals surface area contributed by atoms with Crippen LogP contribution in [0.2, 0.25) is 0 Å². The fourth-order valence-corrected chi connectivity index (χ4v) is 3.10. The molecule has 3 rings (SSSR count). The summed E-state index contributed by atoms with van der Waals surface area (Å²) >= 11 is 1.62. The summed E-state index contributed by atoms with van der Waals surface area (Å²) in [4.78, 5) is 27.9. The van der Waals surface area contributed by atoms with E-state index in [-0.39, 0.29) is 11.8 Å². The Kier molecular flexibility index (Phi) is 4.20. The number of rotatable bonds is 4. The number of hydrogen-bond donors (Lipinski definition) is 2. The van der Waals surface area contributed by atoms with Gasteiger partial charge in [-0.05, 0) is 37.1 Å². The molecular formula is C16H17N3O2S. The number of aromatic nitrogens is 1. The normalized spacial score (nSPS) is 13.4. The first kappa shape index (κ1) is 14.7. The number of nitrogens with one attached hydrogen (secondary N) is 2. The van der Waals surface area contributed by atoms with Gasteiger partial charge in [0.2, 0.25) is 5.91 Å². The molecule has 6 heteroatoms. The number of aryl methyl sites for hydroxylation is 2. The summed E-state index contributed by atoms with van der Waals surface area (Å²) in [5, 5.41) is 8.78. The molecule has 0 radical (unpaired) electrons. The van der Waals surface area contributed by atoms with E-state index in [4.69, 9.17) is 0 Å². The molecule has 0 aliphatic carbocycles. The van der Waals surface area contributed by atoms with Crippen molar-refractivity contribution in [2.24, 2.45) is 0 Å². The molecule has 1 aromatic heterocycles. The van der Waals surface area contributed by atoms with Crippen molar-refractivity contribution in [2.75, 3.05) is 11.9 Å². The molecule has 0 atom stereocenters. The van der Waals surface area contributed by atoms with E-state index in [0.717, 1.165) is 28.4 Å². The van der Waals surface area contributed by atoms with Gasteiger partial charge in [-0.3, -0.25) is 9.59 Å². The van der Waals surface area contributed by atoms with Crippen molar-refractivity contribution in [1.29, 1.82) is 0 Å². The molecule has 22 heavy (non-hydrogen) atoms. The Labute approximate surface area is 132 Å². The molecule has 114 valence electrons. The molecular weight excluding hydrogens is 298 g/mol. The van der Waals surface area contributed by atoms with E-state index in [1.165, 1.54) is 0 Å². The van der Waals surface area contributed by atoms with E-state index < -0.39 is 0 Å². The van der Waals surface area contributed by atoms with E-state index in [9.17, 15) is 9.59 Å². The molecule has 2 aromatic rings. The average molecular weight is 315 g/mol. The molecule has 1 aliphatic rings. The number of carbonyl (C=O) groups is 2. The van der Waals surface area contributed by atoms with Gasteiger partial charge in [-0.25, -0.2) is 4.98 Å². The zero-order valence-electron chi connectivity index (χ0n) is 12.3. The molecule has 2 heterocycles. The SMILES string of the molecule is Cc1nc(CCNC(=O)c2ccc3c(c2)CCC(=O)N3)cs1. The van der Waals surface area contributed by atoms with Crippen LogP contribution in [0.4, 0.5) is 5.69 Å². The van der Waals surface area contributed by atoms with Gasteiger partial charge in [0.1, 0.15) is 0 Å². The highest BCUT2D eigenvalue weighted by Crippen LogP contribution is 2.23. The summed E-state index contributed by atoms with van der Waals surface area (Å²) in [6, 6.07) is 5.40. The van der Waals surface area contributed by atoms with Crippen LogP contribution >= 0.6 is 11.3 Å². The zero-order chi connectivity index (χ0) is 15.5. The first-order valence-corrected chi connectivity index (χ1v) is 8.12. The lowest BCUT2D eigenvalue weighted by Crippen LogP contribution is -2.26. The van der Waals surface area contributed by atoms with Gasteiger partial charge in [-0.2, -0.15) is 0 Å². The standard InChI is InChI=1S/C16H17N3O2S/c1-10-18-13(9-22-10)6-7-17-16(21)12-2-4-14-11(8-12)3-5-15(20)19-14/h2,4,8-9H,3,5-7H2,1H3,(H,17,21)(H,19,20).